The van der Waals surface area contributed by atoms with E-state index in [1.54, 1.807) is 19.1 Å². The van der Waals surface area contributed by atoms with Gasteiger partial charge in [0.1, 0.15) is 6.54 Å². The zero-order valence-electron chi connectivity index (χ0n) is 14.6. The van der Waals surface area contributed by atoms with E-state index in [9.17, 15) is 26.4 Å². The molecule has 0 saturated heterocycles. The number of benzene rings is 2. The van der Waals surface area contributed by atoms with Crippen molar-refractivity contribution < 1.29 is 26.4 Å². The Labute approximate surface area is 173 Å². The molecular formula is C17H15BrClF3N2O3S. The summed E-state index contributed by atoms with van der Waals surface area (Å²) < 4.78 is 65.3. The van der Waals surface area contributed by atoms with Crippen molar-refractivity contribution in [1.82, 2.24) is 0 Å². The minimum absolute atomic E-state index is 0.145. The molecule has 0 unspecified atom stereocenters. The van der Waals surface area contributed by atoms with Crippen LogP contribution in [0.25, 0.3) is 0 Å². The molecule has 0 aliphatic heterocycles. The number of nitrogens with zero attached hydrogens (tertiary/aromatic N) is 1. The van der Waals surface area contributed by atoms with Gasteiger partial charge < -0.3 is 5.32 Å². The lowest BCUT2D eigenvalue weighted by molar-refractivity contribution is -0.137. The van der Waals surface area contributed by atoms with Crippen molar-refractivity contribution in [2.24, 2.45) is 0 Å². The maximum Gasteiger partial charge on any atom is 0.418 e. The molecule has 2 aromatic carbocycles. The standard InChI is InChI=1S/C17H15BrClF3N2O3S/c1-10-7-12(4-5-14(10)18)24(28(2,26)27)9-16(25)23-15-6-3-11(19)8-13(15)17(20,21)22/h3-8H,9H2,1-2H3,(H,23,25). The molecule has 1 amide bonds. The highest BCUT2D eigenvalue weighted by Gasteiger charge is 2.34. The SMILES string of the molecule is Cc1cc(N(CC(=O)Nc2ccc(Cl)cc2C(F)(F)F)S(C)(=O)=O)ccc1Br. The Morgan fingerprint density at radius 3 is 2.39 bits per heavy atom. The third-order valence-corrected chi connectivity index (χ3v) is 5.94. The van der Waals surface area contributed by atoms with Gasteiger partial charge in [0.15, 0.2) is 0 Å². The molecule has 5 nitrogen and oxygen atoms in total. The Balaban J connectivity index is 2.32. The molecule has 11 heteroatoms. The third-order valence-electron chi connectivity index (χ3n) is 3.68. The smallest absolute Gasteiger partial charge is 0.324 e. The number of hydrogen-bond donors (Lipinski definition) is 1. The van der Waals surface area contributed by atoms with Crippen molar-refractivity contribution in [3.8, 4) is 0 Å². The van der Waals surface area contributed by atoms with Crippen LogP contribution in [-0.4, -0.2) is 27.1 Å². The average molecular weight is 500 g/mol. The number of nitrogens with one attached hydrogen (secondary N) is 1. The molecule has 2 aromatic rings. The third kappa shape index (κ3) is 5.62. The lowest BCUT2D eigenvalue weighted by atomic mass is 10.1. The van der Waals surface area contributed by atoms with E-state index in [-0.39, 0.29) is 10.7 Å². The number of amides is 1. The first-order valence-electron chi connectivity index (χ1n) is 7.69. The van der Waals surface area contributed by atoms with Crippen molar-refractivity contribution in [3.05, 3.63) is 57.0 Å². The van der Waals surface area contributed by atoms with Crippen LogP contribution < -0.4 is 9.62 Å². The highest BCUT2D eigenvalue weighted by atomic mass is 79.9. The molecule has 152 valence electrons. The van der Waals surface area contributed by atoms with Crippen LogP contribution in [0.1, 0.15) is 11.1 Å². The van der Waals surface area contributed by atoms with Gasteiger partial charge in [-0.25, -0.2) is 8.42 Å². The van der Waals surface area contributed by atoms with Gasteiger partial charge in [-0.1, -0.05) is 27.5 Å². The first-order chi connectivity index (χ1) is 12.8. The van der Waals surface area contributed by atoms with E-state index >= 15 is 0 Å². The number of halogens is 5. The number of sulfonamides is 1. The van der Waals surface area contributed by atoms with Gasteiger partial charge in [-0.3, -0.25) is 9.10 Å². The summed E-state index contributed by atoms with van der Waals surface area (Å²) in [6.45, 7) is 1.04. The molecule has 0 fully saturated rings. The topological polar surface area (TPSA) is 66.5 Å². The zero-order valence-corrected chi connectivity index (χ0v) is 17.8. The molecule has 0 radical (unpaired) electrons. The summed E-state index contributed by atoms with van der Waals surface area (Å²) in [6.07, 6.45) is -3.84. The van der Waals surface area contributed by atoms with Gasteiger partial charge in [0.25, 0.3) is 0 Å². The van der Waals surface area contributed by atoms with Crippen LogP contribution in [0.15, 0.2) is 40.9 Å². The lowest BCUT2D eigenvalue weighted by Crippen LogP contribution is -2.37. The van der Waals surface area contributed by atoms with Gasteiger partial charge in [0, 0.05) is 9.50 Å². The molecule has 0 heterocycles. The summed E-state index contributed by atoms with van der Waals surface area (Å²) >= 11 is 8.90. The maximum absolute atomic E-state index is 13.2. The summed E-state index contributed by atoms with van der Waals surface area (Å²) in [5, 5.41) is 1.96. The fourth-order valence-electron chi connectivity index (χ4n) is 2.36. The van der Waals surface area contributed by atoms with Crippen LogP contribution in [0.2, 0.25) is 5.02 Å². The fraction of sp³-hybridized carbons (Fsp3) is 0.235. The predicted molar refractivity (Wildman–Crippen MR) is 106 cm³/mol. The second-order valence-corrected chi connectivity index (χ2v) is 9.14. The first kappa shape index (κ1) is 22.5. The number of aryl methyl sites for hydroxylation is 1. The van der Waals surface area contributed by atoms with Crippen LogP contribution in [0.5, 0.6) is 0 Å². The van der Waals surface area contributed by atoms with Gasteiger partial charge in [0.05, 0.1) is 23.2 Å². The number of rotatable bonds is 5. The molecule has 28 heavy (non-hydrogen) atoms. The van der Waals surface area contributed by atoms with E-state index in [2.05, 4.69) is 21.2 Å². The largest absolute Gasteiger partial charge is 0.418 e. The molecular weight excluding hydrogens is 485 g/mol. The van der Waals surface area contributed by atoms with Crippen molar-refractivity contribution in [1.29, 1.82) is 0 Å². The number of anilines is 2. The van der Waals surface area contributed by atoms with E-state index < -0.39 is 39.9 Å². The van der Waals surface area contributed by atoms with E-state index in [4.69, 9.17) is 11.6 Å². The first-order valence-corrected chi connectivity index (χ1v) is 10.7. The molecule has 2 rings (SSSR count). The minimum atomic E-state index is -4.74. The van der Waals surface area contributed by atoms with E-state index in [0.29, 0.717) is 6.07 Å². The summed E-state index contributed by atoms with van der Waals surface area (Å²) in [5.41, 5.74) is -0.699. The van der Waals surface area contributed by atoms with Crippen molar-refractivity contribution >= 4 is 54.8 Å². The second-order valence-electron chi connectivity index (χ2n) is 5.94. The second kappa shape index (κ2) is 8.30. The molecule has 0 aliphatic rings. The number of carbonyl (C=O) groups is 1. The molecule has 0 atom stereocenters. The average Bonchev–Trinajstić information content (AvgIpc) is 2.55. The molecule has 0 aromatic heterocycles. The Kier molecular flexibility index (Phi) is 6.67. The van der Waals surface area contributed by atoms with Gasteiger partial charge in [-0.05, 0) is 48.9 Å². The van der Waals surface area contributed by atoms with E-state index in [1.807, 2.05) is 0 Å². The maximum atomic E-state index is 13.2. The number of alkyl halides is 3. The Bertz CT molecular complexity index is 1010. The van der Waals surface area contributed by atoms with Crippen LogP contribution in [0.4, 0.5) is 24.5 Å². The fourth-order valence-corrected chi connectivity index (χ4v) is 3.63. The van der Waals surface area contributed by atoms with Crippen LogP contribution in [0.3, 0.4) is 0 Å². The van der Waals surface area contributed by atoms with Crippen molar-refractivity contribution in [2.45, 2.75) is 13.1 Å². The quantitative estimate of drug-likeness (QED) is 0.641. The minimum Gasteiger partial charge on any atom is -0.324 e. The van der Waals surface area contributed by atoms with E-state index in [0.717, 1.165) is 26.7 Å². The van der Waals surface area contributed by atoms with Gasteiger partial charge in [-0.2, -0.15) is 13.2 Å². The molecule has 1 N–H and O–H groups in total. The number of hydrogen-bond acceptors (Lipinski definition) is 3. The monoisotopic (exact) mass is 498 g/mol. The van der Waals surface area contributed by atoms with Crippen LogP contribution >= 0.6 is 27.5 Å². The van der Waals surface area contributed by atoms with Gasteiger partial charge in [-0.15, -0.1) is 0 Å². The van der Waals surface area contributed by atoms with Gasteiger partial charge in [0.2, 0.25) is 15.9 Å². The van der Waals surface area contributed by atoms with Crippen molar-refractivity contribution in [2.75, 3.05) is 22.4 Å². The Morgan fingerprint density at radius 1 is 1.21 bits per heavy atom. The summed E-state index contributed by atoms with van der Waals surface area (Å²) in [4.78, 5) is 12.3. The summed E-state index contributed by atoms with van der Waals surface area (Å²) in [7, 11) is -3.87. The molecule has 0 saturated carbocycles. The Hall–Kier alpha value is -1.78. The molecule has 0 aliphatic carbocycles. The summed E-state index contributed by atoms with van der Waals surface area (Å²) in [5.74, 6) is -0.932. The summed E-state index contributed by atoms with van der Waals surface area (Å²) in [6, 6.07) is 7.53. The molecule has 0 bridgehead atoms. The van der Waals surface area contributed by atoms with Crippen molar-refractivity contribution in [3.63, 3.8) is 0 Å². The normalized spacial score (nSPS) is 12.0. The highest BCUT2D eigenvalue weighted by molar-refractivity contribution is 9.10. The highest BCUT2D eigenvalue weighted by Crippen LogP contribution is 2.36. The number of carbonyl (C=O) groups excluding carboxylic acids is 1. The molecule has 0 spiro atoms. The van der Waals surface area contributed by atoms with Crippen LogP contribution in [0, 0.1) is 6.92 Å². The zero-order chi connectivity index (χ0) is 21.3. The van der Waals surface area contributed by atoms with E-state index in [1.165, 1.54) is 12.1 Å². The predicted octanol–water partition coefficient (Wildman–Crippen LogP) is 4.83. The van der Waals surface area contributed by atoms with Gasteiger partial charge >= 0.3 is 6.18 Å². The Morgan fingerprint density at radius 2 is 1.86 bits per heavy atom. The van der Waals surface area contributed by atoms with Crippen LogP contribution in [-0.2, 0) is 21.0 Å². The lowest BCUT2D eigenvalue weighted by Gasteiger charge is -2.23.